The molecule has 158 valence electrons. The van der Waals surface area contributed by atoms with E-state index in [1.807, 2.05) is 35.0 Å². The highest BCUT2D eigenvalue weighted by atomic mass is 16.1. The number of rotatable bonds is 4. The van der Waals surface area contributed by atoms with Gasteiger partial charge in [0.15, 0.2) is 5.65 Å². The number of nitrogens with zero attached hydrogens (tertiary/aromatic N) is 5. The molecule has 4 heterocycles. The zero-order valence-corrected chi connectivity index (χ0v) is 18.1. The van der Waals surface area contributed by atoms with Crippen LogP contribution in [0, 0.1) is 0 Å². The van der Waals surface area contributed by atoms with Gasteiger partial charge in [0.05, 0.1) is 29.2 Å². The molecule has 0 saturated heterocycles. The van der Waals surface area contributed by atoms with Crippen molar-refractivity contribution in [1.82, 2.24) is 24.6 Å². The summed E-state index contributed by atoms with van der Waals surface area (Å²) in [5.41, 5.74) is 5.13. The summed E-state index contributed by atoms with van der Waals surface area (Å²) in [4.78, 5) is 25.3. The standard InChI is InChI=1S/C24H26N6O/c1-4-29-10-9-21-19(14-29)22(18-7-5-6-8-20(18)28-21)24(31)27-17-11-16-12-26-30(15(2)3)23(16)25-13-17/h5-8,11-13,15H,4,9-10,14H2,1-3H3,(H,27,31). The summed E-state index contributed by atoms with van der Waals surface area (Å²) in [6.07, 6.45) is 4.35. The van der Waals surface area contributed by atoms with Crippen LogP contribution in [0.3, 0.4) is 0 Å². The molecule has 4 aromatic rings. The van der Waals surface area contributed by atoms with Crippen molar-refractivity contribution in [3.05, 3.63) is 59.5 Å². The first-order valence-corrected chi connectivity index (χ1v) is 10.8. The van der Waals surface area contributed by atoms with Crippen molar-refractivity contribution < 1.29 is 4.79 Å². The van der Waals surface area contributed by atoms with E-state index in [-0.39, 0.29) is 11.9 Å². The maximum atomic E-state index is 13.5. The molecule has 0 unspecified atom stereocenters. The third-order valence-corrected chi connectivity index (χ3v) is 5.98. The highest BCUT2D eigenvalue weighted by molar-refractivity contribution is 6.13. The molecule has 1 aliphatic heterocycles. The second-order valence-corrected chi connectivity index (χ2v) is 8.32. The second kappa shape index (κ2) is 7.74. The Bertz CT molecular complexity index is 1290. The fraction of sp³-hybridized carbons (Fsp3) is 0.333. The minimum absolute atomic E-state index is 0.120. The second-order valence-electron chi connectivity index (χ2n) is 8.32. The van der Waals surface area contributed by atoms with Crippen molar-refractivity contribution in [1.29, 1.82) is 0 Å². The smallest absolute Gasteiger partial charge is 0.256 e. The van der Waals surface area contributed by atoms with Gasteiger partial charge in [-0.1, -0.05) is 25.1 Å². The van der Waals surface area contributed by atoms with Crippen LogP contribution in [-0.2, 0) is 13.0 Å². The highest BCUT2D eigenvalue weighted by Crippen LogP contribution is 2.29. The first-order chi connectivity index (χ1) is 15.0. The number of aromatic nitrogens is 4. The predicted molar refractivity (Wildman–Crippen MR) is 122 cm³/mol. The molecular formula is C24H26N6O. The zero-order valence-electron chi connectivity index (χ0n) is 18.1. The van der Waals surface area contributed by atoms with Gasteiger partial charge in [0.1, 0.15) is 0 Å². The van der Waals surface area contributed by atoms with Gasteiger partial charge in [0.25, 0.3) is 5.91 Å². The molecule has 7 nitrogen and oxygen atoms in total. The highest BCUT2D eigenvalue weighted by Gasteiger charge is 2.25. The number of carbonyl (C=O) groups excluding carboxylic acids is 1. The van der Waals surface area contributed by atoms with E-state index in [2.05, 4.69) is 41.1 Å². The summed E-state index contributed by atoms with van der Waals surface area (Å²) in [6, 6.07) is 10.0. The van der Waals surface area contributed by atoms with Crippen molar-refractivity contribution in [3.63, 3.8) is 0 Å². The lowest BCUT2D eigenvalue weighted by atomic mass is 9.95. The molecule has 5 rings (SSSR count). The molecular weight excluding hydrogens is 388 g/mol. The topological polar surface area (TPSA) is 75.9 Å². The average molecular weight is 415 g/mol. The number of fused-ring (bicyclic) bond motifs is 3. The summed E-state index contributed by atoms with van der Waals surface area (Å²) in [6.45, 7) is 8.95. The largest absolute Gasteiger partial charge is 0.321 e. The zero-order chi connectivity index (χ0) is 21.5. The number of likely N-dealkylation sites (N-methyl/N-ethyl adjacent to an activating group) is 1. The number of carbonyl (C=O) groups is 1. The van der Waals surface area contributed by atoms with E-state index in [0.717, 1.165) is 64.8 Å². The molecule has 1 aromatic carbocycles. The lowest BCUT2D eigenvalue weighted by Gasteiger charge is -2.29. The van der Waals surface area contributed by atoms with Crippen molar-refractivity contribution in [2.24, 2.45) is 0 Å². The summed E-state index contributed by atoms with van der Waals surface area (Å²) in [7, 11) is 0. The molecule has 31 heavy (non-hydrogen) atoms. The Hall–Kier alpha value is -3.32. The first-order valence-electron chi connectivity index (χ1n) is 10.8. The van der Waals surface area contributed by atoms with Gasteiger partial charge in [-0.25, -0.2) is 9.67 Å². The number of hydrogen-bond donors (Lipinski definition) is 1. The molecule has 0 bridgehead atoms. The van der Waals surface area contributed by atoms with Gasteiger partial charge >= 0.3 is 0 Å². The molecule has 0 fully saturated rings. The van der Waals surface area contributed by atoms with Crippen LogP contribution < -0.4 is 5.32 Å². The van der Waals surface area contributed by atoms with Gasteiger partial charge in [0, 0.05) is 47.6 Å². The van der Waals surface area contributed by atoms with Crippen LogP contribution in [0.15, 0.2) is 42.7 Å². The van der Waals surface area contributed by atoms with Crippen LogP contribution in [0.25, 0.3) is 21.9 Å². The molecule has 0 spiro atoms. The Labute approximate surface area is 181 Å². The van der Waals surface area contributed by atoms with Crippen molar-refractivity contribution in [2.45, 2.75) is 39.8 Å². The predicted octanol–water partition coefficient (Wildman–Crippen LogP) is 4.19. The molecule has 1 N–H and O–H groups in total. The summed E-state index contributed by atoms with van der Waals surface area (Å²) >= 11 is 0. The fourth-order valence-corrected chi connectivity index (χ4v) is 4.36. The van der Waals surface area contributed by atoms with E-state index in [1.165, 1.54) is 0 Å². The van der Waals surface area contributed by atoms with E-state index in [1.54, 1.807) is 12.4 Å². The van der Waals surface area contributed by atoms with Crippen molar-refractivity contribution >= 4 is 33.5 Å². The minimum atomic E-state index is -0.120. The third-order valence-electron chi connectivity index (χ3n) is 5.98. The molecule has 0 aliphatic carbocycles. The lowest BCUT2D eigenvalue weighted by molar-refractivity contribution is 0.102. The van der Waals surface area contributed by atoms with Crippen molar-refractivity contribution in [2.75, 3.05) is 18.4 Å². The molecule has 1 amide bonds. The van der Waals surface area contributed by atoms with Crippen LogP contribution in [0.1, 0.15) is 48.4 Å². The summed E-state index contributed by atoms with van der Waals surface area (Å²) < 4.78 is 1.88. The van der Waals surface area contributed by atoms with E-state index >= 15 is 0 Å². The first kappa shape index (κ1) is 19.6. The van der Waals surface area contributed by atoms with Crippen LogP contribution in [-0.4, -0.2) is 43.6 Å². The quantitative estimate of drug-likeness (QED) is 0.542. The number of amides is 1. The minimum Gasteiger partial charge on any atom is -0.321 e. The van der Waals surface area contributed by atoms with Crippen molar-refractivity contribution in [3.8, 4) is 0 Å². The number of pyridine rings is 2. The molecule has 1 aliphatic rings. The number of anilines is 1. The Morgan fingerprint density at radius 3 is 2.87 bits per heavy atom. The van der Waals surface area contributed by atoms with Gasteiger partial charge in [0.2, 0.25) is 0 Å². The normalized spacial score (nSPS) is 14.3. The van der Waals surface area contributed by atoms with Gasteiger partial charge in [-0.15, -0.1) is 0 Å². The Morgan fingerprint density at radius 2 is 2.06 bits per heavy atom. The number of nitrogens with one attached hydrogen (secondary N) is 1. The van der Waals surface area contributed by atoms with E-state index in [9.17, 15) is 4.79 Å². The van der Waals surface area contributed by atoms with Gasteiger partial charge in [-0.2, -0.15) is 5.10 Å². The lowest BCUT2D eigenvalue weighted by Crippen LogP contribution is -2.33. The van der Waals surface area contributed by atoms with Gasteiger partial charge in [-0.3, -0.25) is 14.7 Å². The monoisotopic (exact) mass is 414 g/mol. The van der Waals surface area contributed by atoms with Crippen LogP contribution >= 0.6 is 0 Å². The fourth-order valence-electron chi connectivity index (χ4n) is 4.36. The maximum absolute atomic E-state index is 13.5. The Kier molecular flexibility index (Phi) is 4.90. The molecule has 3 aromatic heterocycles. The molecule has 0 atom stereocenters. The molecule has 7 heteroatoms. The van der Waals surface area contributed by atoms with Crippen LogP contribution in [0.2, 0.25) is 0 Å². The third kappa shape index (κ3) is 3.45. The van der Waals surface area contributed by atoms with Crippen LogP contribution in [0.4, 0.5) is 5.69 Å². The number of hydrogen-bond acceptors (Lipinski definition) is 5. The number of para-hydroxylation sites is 1. The van der Waals surface area contributed by atoms with E-state index in [4.69, 9.17) is 4.98 Å². The molecule has 0 radical (unpaired) electrons. The maximum Gasteiger partial charge on any atom is 0.256 e. The molecule has 0 saturated carbocycles. The van der Waals surface area contributed by atoms with Crippen LogP contribution in [0.5, 0.6) is 0 Å². The van der Waals surface area contributed by atoms with E-state index < -0.39 is 0 Å². The summed E-state index contributed by atoms with van der Waals surface area (Å²) in [5.74, 6) is -0.120. The number of benzene rings is 1. The van der Waals surface area contributed by atoms with Gasteiger partial charge < -0.3 is 5.32 Å². The van der Waals surface area contributed by atoms with Gasteiger partial charge in [-0.05, 0) is 32.5 Å². The van der Waals surface area contributed by atoms with E-state index in [0.29, 0.717) is 5.69 Å². The summed E-state index contributed by atoms with van der Waals surface area (Å²) in [5, 5.41) is 9.29. The average Bonchev–Trinajstić information content (AvgIpc) is 3.20. The SMILES string of the molecule is CCN1CCc2nc3ccccc3c(C(=O)Nc3cnc4c(cnn4C(C)C)c3)c2C1. The Morgan fingerprint density at radius 1 is 1.23 bits per heavy atom. The Balaban J connectivity index is 1.56.